The largest absolute Gasteiger partial charge is 0.346 e. The van der Waals surface area contributed by atoms with E-state index in [4.69, 9.17) is 0 Å². The number of thioether (sulfide) groups is 1. The summed E-state index contributed by atoms with van der Waals surface area (Å²) in [7, 11) is 1.81. The highest BCUT2D eigenvalue weighted by molar-refractivity contribution is 7.99. The highest BCUT2D eigenvalue weighted by Crippen LogP contribution is 2.34. The van der Waals surface area contributed by atoms with Crippen molar-refractivity contribution in [3.63, 3.8) is 0 Å². The molecule has 1 aliphatic heterocycles. The Bertz CT molecular complexity index is 1070. The van der Waals surface area contributed by atoms with Crippen molar-refractivity contribution in [1.82, 2.24) is 15.1 Å². The van der Waals surface area contributed by atoms with Crippen molar-refractivity contribution >= 4 is 29.3 Å². The average Bonchev–Trinajstić information content (AvgIpc) is 3.31. The van der Waals surface area contributed by atoms with Gasteiger partial charge in [0.25, 0.3) is 0 Å². The molecule has 3 aromatic rings. The molecule has 0 atom stereocenters. The summed E-state index contributed by atoms with van der Waals surface area (Å²) >= 11 is 1.77. The molecule has 1 aromatic heterocycles. The van der Waals surface area contributed by atoms with Crippen LogP contribution in [0.3, 0.4) is 0 Å². The topological polar surface area (TPSA) is 69.3 Å². The molecule has 0 spiro atoms. The van der Waals surface area contributed by atoms with Gasteiger partial charge >= 0.3 is 0 Å². The number of hydrogen-bond donors (Lipinski definition) is 1. The van der Waals surface area contributed by atoms with E-state index in [1.54, 1.807) is 16.7 Å². The number of para-hydroxylation sites is 1. The van der Waals surface area contributed by atoms with Crippen molar-refractivity contribution in [2.24, 2.45) is 0 Å². The molecule has 32 heavy (non-hydrogen) atoms. The van der Waals surface area contributed by atoms with Crippen LogP contribution in [0.5, 0.6) is 0 Å². The van der Waals surface area contributed by atoms with Gasteiger partial charge in [-0.15, -0.1) is 11.8 Å². The van der Waals surface area contributed by atoms with Crippen LogP contribution in [0, 0.1) is 0 Å². The van der Waals surface area contributed by atoms with Crippen LogP contribution >= 0.6 is 11.8 Å². The van der Waals surface area contributed by atoms with Gasteiger partial charge in [0, 0.05) is 54.9 Å². The number of carbonyl (C=O) groups is 2. The average molecular weight is 449 g/mol. The van der Waals surface area contributed by atoms with Gasteiger partial charge < -0.3 is 9.80 Å². The van der Waals surface area contributed by atoms with Crippen LogP contribution in [-0.4, -0.2) is 52.8 Å². The Morgan fingerprint density at radius 3 is 2.72 bits per heavy atom. The van der Waals surface area contributed by atoms with E-state index in [1.165, 1.54) is 0 Å². The maximum Gasteiger partial charge on any atom is 0.227 e. The lowest BCUT2D eigenvalue weighted by molar-refractivity contribution is -0.132. The molecule has 4 rings (SSSR count). The molecule has 0 aliphatic carbocycles. The fourth-order valence-corrected chi connectivity index (χ4v) is 4.84. The third kappa shape index (κ3) is 5.40. The number of hydrogen-bond acceptors (Lipinski definition) is 4. The summed E-state index contributed by atoms with van der Waals surface area (Å²) in [5.74, 6) is 0.911. The second-order valence-corrected chi connectivity index (χ2v) is 9.06. The summed E-state index contributed by atoms with van der Waals surface area (Å²) < 4.78 is 0. The Morgan fingerprint density at radius 1 is 1.09 bits per heavy atom. The van der Waals surface area contributed by atoms with Crippen molar-refractivity contribution in [1.29, 1.82) is 0 Å². The molecule has 7 heteroatoms. The zero-order valence-corrected chi connectivity index (χ0v) is 19.1. The van der Waals surface area contributed by atoms with E-state index in [9.17, 15) is 9.59 Å². The predicted octanol–water partition coefficient (Wildman–Crippen LogP) is 4.39. The monoisotopic (exact) mass is 448 g/mol. The minimum Gasteiger partial charge on any atom is -0.346 e. The molecular formula is C25H28N4O2S. The van der Waals surface area contributed by atoms with Gasteiger partial charge in [-0.25, -0.2) is 0 Å². The summed E-state index contributed by atoms with van der Waals surface area (Å²) in [6, 6.07) is 20.1. The van der Waals surface area contributed by atoms with Crippen molar-refractivity contribution in [3.8, 4) is 11.3 Å². The summed E-state index contributed by atoms with van der Waals surface area (Å²) in [6.45, 7) is 1.34. The highest BCUT2D eigenvalue weighted by atomic mass is 32.2. The van der Waals surface area contributed by atoms with E-state index in [1.807, 2.05) is 66.5 Å². The molecule has 1 aliphatic rings. The summed E-state index contributed by atoms with van der Waals surface area (Å²) in [5, 5.41) is 7.47. The minimum atomic E-state index is 0.00704. The lowest BCUT2D eigenvalue weighted by Crippen LogP contribution is -2.36. The number of amides is 2. The van der Waals surface area contributed by atoms with Gasteiger partial charge in [0.15, 0.2) is 0 Å². The molecule has 0 fully saturated rings. The molecule has 2 heterocycles. The van der Waals surface area contributed by atoms with Crippen LogP contribution < -0.4 is 4.90 Å². The summed E-state index contributed by atoms with van der Waals surface area (Å²) in [4.78, 5) is 30.0. The standard InChI is InChI=1S/C25H28N4O2S/c1-28(15-7-10-20-18-21(27-26-20)19-8-3-2-4-9-19)24(30)13-14-25(31)29-16-17-32-23-12-6-5-11-22(23)29/h2-6,8-9,11-12,18H,7,10,13-17H2,1H3,(H,26,27). The maximum atomic E-state index is 12.7. The third-order valence-electron chi connectivity index (χ3n) is 5.65. The van der Waals surface area contributed by atoms with Gasteiger partial charge in [-0.1, -0.05) is 42.5 Å². The van der Waals surface area contributed by atoms with Gasteiger partial charge in [-0.05, 0) is 31.0 Å². The number of aryl methyl sites for hydroxylation is 1. The predicted molar refractivity (Wildman–Crippen MR) is 129 cm³/mol. The van der Waals surface area contributed by atoms with Crippen LogP contribution in [0.1, 0.15) is 25.0 Å². The van der Waals surface area contributed by atoms with Crippen LogP contribution in [0.25, 0.3) is 11.3 Å². The number of aromatic amines is 1. The van der Waals surface area contributed by atoms with Crippen LogP contribution in [-0.2, 0) is 16.0 Å². The zero-order valence-electron chi connectivity index (χ0n) is 18.3. The Balaban J connectivity index is 1.21. The van der Waals surface area contributed by atoms with Crippen molar-refractivity contribution in [2.45, 2.75) is 30.6 Å². The molecule has 166 valence electrons. The molecule has 1 N–H and O–H groups in total. The molecule has 0 bridgehead atoms. The van der Waals surface area contributed by atoms with Gasteiger partial charge in [0.2, 0.25) is 11.8 Å². The molecule has 0 saturated heterocycles. The molecule has 2 aromatic carbocycles. The maximum absolute atomic E-state index is 12.7. The summed E-state index contributed by atoms with van der Waals surface area (Å²) in [6.07, 6.45) is 2.13. The number of anilines is 1. The first-order chi connectivity index (χ1) is 15.6. The number of H-pyrrole nitrogens is 1. The number of fused-ring (bicyclic) bond motifs is 1. The van der Waals surface area contributed by atoms with Crippen molar-refractivity contribution in [2.75, 3.05) is 30.8 Å². The normalized spacial score (nSPS) is 13.0. The second-order valence-electron chi connectivity index (χ2n) is 7.92. The third-order valence-corrected chi connectivity index (χ3v) is 6.69. The number of nitrogens with one attached hydrogen (secondary N) is 1. The lowest BCUT2D eigenvalue weighted by Gasteiger charge is -2.29. The molecule has 0 unspecified atom stereocenters. The molecule has 0 radical (unpaired) electrons. The Hall–Kier alpha value is -3.06. The number of nitrogens with zero attached hydrogens (tertiary/aromatic N) is 3. The number of aromatic nitrogens is 2. The van der Waals surface area contributed by atoms with Crippen molar-refractivity contribution < 1.29 is 9.59 Å². The van der Waals surface area contributed by atoms with Crippen LogP contribution in [0.4, 0.5) is 5.69 Å². The molecule has 2 amide bonds. The van der Waals surface area contributed by atoms with Crippen LogP contribution in [0.2, 0.25) is 0 Å². The number of rotatable bonds is 8. The fourth-order valence-electron chi connectivity index (χ4n) is 3.85. The zero-order chi connectivity index (χ0) is 22.3. The van der Waals surface area contributed by atoms with E-state index >= 15 is 0 Å². The molecule has 6 nitrogen and oxygen atoms in total. The Kier molecular flexibility index (Phi) is 7.27. The van der Waals surface area contributed by atoms with Gasteiger partial charge in [-0.3, -0.25) is 14.7 Å². The second kappa shape index (κ2) is 10.5. The molecular weight excluding hydrogens is 420 g/mol. The van der Waals surface area contributed by atoms with Crippen LogP contribution in [0.15, 0.2) is 65.6 Å². The first kappa shape index (κ1) is 22.1. The van der Waals surface area contributed by atoms with E-state index < -0.39 is 0 Å². The lowest BCUT2D eigenvalue weighted by atomic mass is 10.1. The van der Waals surface area contributed by atoms with Gasteiger partial charge in [0.05, 0.1) is 11.4 Å². The highest BCUT2D eigenvalue weighted by Gasteiger charge is 2.23. The number of carbonyl (C=O) groups excluding carboxylic acids is 2. The first-order valence-electron chi connectivity index (χ1n) is 11.0. The van der Waals surface area contributed by atoms with E-state index in [2.05, 4.69) is 16.3 Å². The summed E-state index contributed by atoms with van der Waals surface area (Å²) in [5.41, 5.74) is 4.04. The quantitative estimate of drug-likeness (QED) is 0.555. The Morgan fingerprint density at radius 2 is 1.88 bits per heavy atom. The smallest absolute Gasteiger partial charge is 0.227 e. The molecule has 0 saturated carbocycles. The fraction of sp³-hybridized carbons (Fsp3) is 0.320. The first-order valence-corrected chi connectivity index (χ1v) is 12.0. The van der Waals surface area contributed by atoms with E-state index in [-0.39, 0.29) is 24.7 Å². The SMILES string of the molecule is CN(CCCc1cc(-c2ccccc2)n[nH]1)C(=O)CCC(=O)N1CCSc2ccccc21. The van der Waals surface area contributed by atoms with Gasteiger partial charge in [0.1, 0.15) is 0 Å². The van der Waals surface area contributed by atoms with E-state index in [0.717, 1.165) is 46.1 Å². The number of benzene rings is 2. The van der Waals surface area contributed by atoms with Gasteiger partial charge in [-0.2, -0.15) is 5.10 Å². The van der Waals surface area contributed by atoms with Crippen molar-refractivity contribution in [3.05, 3.63) is 66.4 Å². The van der Waals surface area contributed by atoms with E-state index in [0.29, 0.717) is 13.1 Å². The Labute approximate surface area is 193 Å². The minimum absolute atomic E-state index is 0.00704.